The maximum atomic E-state index is 9.09. The highest BCUT2D eigenvalue weighted by Gasteiger charge is 2.16. The fourth-order valence-electron chi connectivity index (χ4n) is 1.52. The van der Waals surface area contributed by atoms with Crippen LogP contribution in [-0.2, 0) is 12.0 Å². The fraction of sp³-hybridized carbons (Fsp3) is 0.385. The molecule has 2 aromatic heterocycles. The van der Waals surface area contributed by atoms with Gasteiger partial charge in [0.1, 0.15) is 0 Å². The first kappa shape index (κ1) is 11.8. The first-order valence-corrected chi connectivity index (χ1v) is 5.62. The first-order valence-electron chi connectivity index (χ1n) is 5.62. The van der Waals surface area contributed by atoms with Gasteiger partial charge in [0.2, 0.25) is 0 Å². The second-order valence-corrected chi connectivity index (χ2v) is 5.10. The van der Waals surface area contributed by atoms with Crippen molar-refractivity contribution in [1.82, 2.24) is 14.8 Å². The molecule has 0 saturated heterocycles. The third-order valence-electron chi connectivity index (χ3n) is 2.68. The molecule has 90 valence electrons. The summed E-state index contributed by atoms with van der Waals surface area (Å²) < 4.78 is 1.74. The molecule has 1 N–H and O–H groups in total. The Hall–Kier alpha value is -1.68. The lowest BCUT2D eigenvalue weighted by Gasteiger charge is -2.14. The molecule has 0 amide bonds. The van der Waals surface area contributed by atoms with Gasteiger partial charge in [-0.05, 0) is 28.7 Å². The Bertz CT molecular complexity index is 511. The predicted molar refractivity (Wildman–Crippen MR) is 66.0 cm³/mol. The van der Waals surface area contributed by atoms with Crippen molar-refractivity contribution in [3.05, 3.63) is 41.9 Å². The van der Waals surface area contributed by atoms with Crippen molar-refractivity contribution in [3.8, 4) is 5.82 Å². The van der Waals surface area contributed by atoms with Gasteiger partial charge in [-0.1, -0.05) is 20.8 Å². The maximum Gasteiger partial charge on any atom is 0.153 e. The third kappa shape index (κ3) is 2.53. The normalized spacial score (nSPS) is 11.8. The Morgan fingerprint density at radius 3 is 2.71 bits per heavy atom. The molecule has 0 saturated carbocycles. The summed E-state index contributed by atoms with van der Waals surface area (Å²) in [5, 5.41) is 13.4. The summed E-state index contributed by atoms with van der Waals surface area (Å²) in [6, 6.07) is 3.62. The molecule has 4 nitrogen and oxygen atoms in total. The molecule has 0 unspecified atom stereocenters. The van der Waals surface area contributed by atoms with E-state index in [1.54, 1.807) is 16.9 Å². The molecular formula is C13H17N3O. The number of hydrogen-bond donors (Lipinski definition) is 1. The van der Waals surface area contributed by atoms with Crippen molar-refractivity contribution in [2.24, 2.45) is 0 Å². The summed E-state index contributed by atoms with van der Waals surface area (Å²) >= 11 is 0. The van der Waals surface area contributed by atoms with Gasteiger partial charge in [-0.25, -0.2) is 9.67 Å². The monoisotopic (exact) mass is 231 g/mol. The van der Waals surface area contributed by atoms with E-state index < -0.39 is 0 Å². The first-order chi connectivity index (χ1) is 8.00. The minimum atomic E-state index is 0.0168. The van der Waals surface area contributed by atoms with Gasteiger partial charge in [0.25, 0.3) is 0 Å². The standard InChI is InChI=1S/C13H17N3O/c1-13(2,3)11-7-15-16(8-11)12-6-10(9-17)4-5-14-12/h4-8,17H,9H2,1-3H3. The molecule has 0 aliphatic carbocycles. The molecule has 0 radical (unpaired) electrons. The van der Waals surface area contributed by atoms with Gasteiger partial charge in [0.05, 0.1) is 12.8 Å². The molecule has 0 spiro atoms. The molecule has 0 fully saturated rings. The van der Waals surface area contributed by atoms with Crippen LogP contribution in [0.25, 0.3) is 5.82 Å². The zero-order chi connectivity index (χ0) is 12.5. The van der Waals surface area contributed by atoms with Crippen molar-refractivity contribution < 1.29 is 5.11 Å². The minimum absolute atomic E-state index is 0.0168. The number of pyridine rings is 1. The second kappa shape index (κ2) is 4.30. The van der Waals surface area contributed by atoms with Gasteiger partial charge in [-0.15, -0.1) is 0 Å². The van der Waals surface area contributed by atoms with Crippen LogP contribution in [0.2, 0.25) is 0 Å². The highest BCUT2D eigenvalue weighted by molar-refractivity contribution is 5.28. The molecule has 2 heterocycles. The van der Waals surface area contributed by atoms with Gasteiger partial charge in [0, 0.05) is 12.4 Å². The molecule has 0 aromatic carbocycles. The maximum absolute atomic E-state index is 9.09. The Balaban J connectivity index is 2.37. The Morgan fingerprint density at radius 2 is 2.12 bits per heavy atom. The van der Waals surface area contributed by atoms with E-state index in [-0.39, 0.29) is 12.0 Å². The number of aromatic nitrogens is 3. The number of hydrogen-bond acceptors (Lipinski definition) is 3. The molecular weight excluding hydrogens is 214 g/mol. The van der Waals surface area contributed by atoms with E-state index in [1.165, 1.54) is 0 Å². The Morgan fingerprint density at radius 1 is 1.35 bits per heavy atom. The smallest absolute Gasteiger partial charge is 0.153 e. The number of rotatable bonds is 2. The Kier molecular flexibility index (Phi) is 2.98. The SMILES string of the molecule is CC(C)(C)c1cnn(-c2cc(CO)ccn2)c1. The molecule has 2 rings (SSSR count). The molecule has 0 atom stereocenters. The lowest BCUT2D eigenvalue weighted by Crippen LogP contribution is -2.09. The zero-order valence-electron chi connectivity index (χ0n) is 10.4. The summed E-state index contributed by atoms with van der Waals surface area (Å²) in [6.45, 7) is 6.45. The average molecular weight is 231 g/mol. The average Bonchev–Trinajstić information content (AvgIpc) is 2.78. The van der Waals surface area contributed by atoms with Crippen LogP contribution in [0.1, 0.15) is 31.9 Å². The summed E-state index contributed by atoms with van der Waals surface area (Å²) in [6.07, 6.45) is 5.51. The Labute approximate surface area is 101 Å². The van der Waals surface area contributed by atoms with Crippen LogP contribution >= 0.6 is 0 Å². The summed E-state index contributed by atoms with van der Waals surface area (Å²) in [4.78, 5) is 4.24. The second-order valence-electron chi connectivity index (χ2n) is 5.10. The molecule has 17 heavy (non-hydrogen) atoms. The minimum Gasteiger partial charge on any atom is -0.392 e. The van der Waals surface area contributed by atoms with Crippen molar-refractivity contribution in [3.63, 3.8) is 0 Å². The van der Waals surface area contributed by atoms with Crippen LogP contribution in [0.4, 0.5) is 0 Å². The van der Waals surface area contributed by atoms with Crippen LogP contribution in [0, 0.1) is 0 Å². The van der Waals surface area contributed by atoms with Crippen LogP contribution in [-0.4, -0.2) is 19.9 Å². The molecule has 4 heteroatoms. The molecule has 0 aliphatic rings. The zero-order valence-corrected chi connectivity index (χ0v) is 10.4. The van der Waals surface area contributed by atoms with E-state index in [1.807, 2.05) is 18.5 Å². The van der Waals surface area contributed by atoms with E-state index in [4.69, 9.17) is 5.11 Å². The van der Waals surface area contributed by atoms with E-state index in [0.29, 0.717) is 0 Å². The van der Waals surface area contributed by atoms with E-state index in [2.05, 4.69) is 30.9 Å². The number of nitrogens with zero attached hydrogens (tertiary/aromatic N) is 3. The molecule has 0 bridgehead atoms. The largest absolute Gasteiger partial charge is 0.392 e. The van der Waals surface area contributed by atoms with Gasteiger partial charge in [-0.2, -0.15) is 5.10 Å². The van der Waals surface area contributed by atoms with Crippen LogP contribution < -0.4 is 0 Å². The quantitative estimate of drug-likeness (QED) is 0.860. The highest BCUT2D eigenvalue weighted by atomic mass is 16.3. The summed E-state index contributed by atoms with van der Waals surface area (Å²) in [5.74, 6) is 0.729. The summed E-state index contributed by atoms with van der Waals surface area (Å²) in [5.41, 5.74) is 2.07. The van der Waals surface area contributed by atoms with Gasteiger partial charge >= 0.3 is 0 Å². The van der Waals surface area contributed by atoms with E-state index >= 15 is 0 Å². The van der Waals surface area contributed by atoms with Crippen LogP contribution in [0.3, 0.4) is 0 Å². The van der Waals surface area contributed by atoms with Gasteiger partial charge in [-0.3, -0.25) is 0 Å². The lowest BCUT2D eigenvalue weighted by molar-refractivity contribution is 0.281. The van der Waals surface area contributed by atoms with Crippen LogP contribution in [0.15, 0.2) is 30.7 Å². The number of aliphatic hydroxyl groups is 1. The molecule has 2 aromatic rings. The molecule has 0 aliphatic heterocycles. The van der Waals surface area contributed by atoms with E-state index in [0.717, 1.165) is 16.9 Å². The predicted octanol–water partition coefficient (Wildman–Crippen LogP) is 2.06. The van der Waals surface area contributed by atoms with Crippen molar-refractivity contribution in [1.29, 1.82) is 0 Å². The van der Waals surface area contributed by atoms with Gasteiger partial charge in [0.15, 0.2) is 5.82 Å². The third-order valence-corrected chi connectivity index (χ3v) is 2.68. The van der Waals surface area contributed by atoms with E-state index in [9.17, 15) is 0 Å². The highest BCUT2D eigenvalue weighted by Crippen LogP contribution is 2.22. The van der Waals surface area contributed by atoms with Crippen molar-refractivity contribution in [2.75, 3.05) is 0 Å². The lowest BCUT2D eigenvalue weighted by atomic mass is 9.90. The van der Waals surface area contributed by atoms with Gasteiger partial charge < -0.3 is 5.11 Å². The summed E-state index contributed by atoms with van der Waals surface area (Å²) in [7, 11) is 0. The van der Waals surface area contributed by atoms with Crippen LogP contribution in [0.5, 0.6) is 0 Å². The number of aliphatic hydroxyl groups excluding tert-OH is 1. The fourth-order valence-corrected chi connectivity index (χ4v) is 1.52. The van der Waals surface area contributed by atoms with Crippen molar-refractivity contribution >= 4 is 0 Å². The van der Waals surface area contributed by atoms with Crippen molar-refractivity contribution in [2.45, 2.75) is 32.8 Å². The topological polar surface area (TPSA) is 50.9 Å².